The molecule has 1 N–H and O–H groups in total. The molecule has 0 saturated heterocycles. The number of carbonyl (C=O) groups is 1. The molecule has 2 rings (SSSR count). The van der Waals surface area contributed by atoms with Crippen LogP contribution in [0.3, 0.4) is 0 Å². The molecule has 0 spiro atoms. The quantitative estimate of drug-likeness (QED) is 0.886. The van der Waals surface area contributed by atoms with Crippen molar-refractivity contribution >= 4 is 5.91 Å². The van der Waals surface area contributed by atoms with Gasteiger partial charge in [-0.1, -0.05) is 6.07 Å². The summed E-state index contributed by atoms with van der Waals surface area (Å²) in [6.45, 7) is 7.98. The molecule has 0 aliphatic heterocycles. The summed E-state index contributed by atoms with van der Waals surface area (Å²) >= 11 is 0. The molecule has 23 heavy (non-hydrogen) atoms. The Labute approximate surface area is 135 Å². The molecule has 5 nitrogen and oxygen atoms in total. The van der Waals surface area contributed by atoms with E-state index >= 15 is 0 Å². The average Bonchev–Trinajstić information content (AvgIpc) is 2.99. The molecule has 0 aliphatic carbocycles. The summed E-state index contributed by atoms with van der Waals surface area (Å²) in [5, 5.41) is 6.99. The fourth-order valence-corrected chi connectivity index (χ4v) is 2.16. The third kappa shape index (κ3) is 4.09. The zero-order chi connectivity index (χ0) is 17.0. The Morgan fingerprint density at radius 1 is 1.39 bits per heavy atom. The zero-order valence-electron chi connectivity index (χ0n) is 13.8. The van der Waals surface area contributed by atoms with Crippen molar-refractivity contribution in [3.8, 4) is 5.75 Å². The van der Waals surface area contributed by atoms with Gasteiger partial charge in [-0.05, 0) is 45.4 Å². The average molecular weight is 319 g/mol. The van der Waals surface area contributed by atoms with Gasteiger partial charge >= 0.3 is 0 Å². The number of hydrogen-bond acceptors (Lipinski definition) is 3. The number of ether oxygens (including phenoxy) is 1. The maximum absolute atomic E-state index is 13.9. The maximum atomic E-state index is 13.9. The van der Waals surface area contributed by atoms with E-state index in [2.05, 4.69) is 10.4 Å². The van der Waals surface area contributed by atoms with Crippen LogP contribution in [-0.2, 0) is 0 Å². The van der Waals surface area contributed by atoms with Crippen LogP contribution in [0.25, 0.3) is 0 Å². The summed E-state index contributed by atoms with van der Waals surface area (Å²) in [6, 6.07) is 4.57. The lowest BCUT2D eigenvalue weighted by Crippen LogP contribution is -2.26. The summed E-state index contributed by atoms with van der Waals surface area (Å²) in [7, 11) is 0. The van der Waals surface area contributed by atoms with E-state index in [0.717, 1.165) is 0 Å². The van der Waals surface area contributed by atoms with Crippen LogP contribution < -0.4 is 10.1 Å². The molecule has 124 valence electrons. The van der Waals surface area contributed by atoms with Crippen molar-refractivity contribution < 1.29 is 13.9 Å². The van der Waals surface area contributed by atoms with E-state index in [1.807, 2.05) is 13.8 Å². The van der Waals surface area contributed by atoms with Crippen LogP contribution in [0.1, 0.15) is 55.7 Å². The van der Waals surface area contributed by atoms with Gasteiger partial charge in [-0.3, -0.25) is 9.48 Å². The van der Waals surface area contributed by atoms with Gasteiger partial charge < -0.3 is 10.1 Å². The van der Waals surface area contributed by atoms with Gasteiger partial charge in [-0.15, -0.1) is 0 Å². The molecule has 0 fully saturated rings. The Kier molecular flexibility index (Phi) is 5.36. The van der Waals surface area contributed by atoms with Gasteiger partial charge in [-0.2, -0.15) is 5.10 Å². The van der Waals surface area contributed by atoms with E-state index in [0.29, 0.717) is 17.7 Å². The van der Waals surface area contributed by atoms with Gasteiger partial charge in [0, 0.05) is 12.2 Å². The Morgan fingerprint density at radius 3 is 2.70 bits per heavy atom. The largest absolute Gasteiger partial charge is 0.491 e. The van der Waals surface area contributed by atoms with E-state index in [1.165, 1.54) is 12.3 Å². The Morgan fingerprint density at radius 2 is 2.13 bits per heavy atom. The molecule has 1 amide bonds. The number of aromatic nitrogens is 2. The monoisotopic (exact) mass is 319 g/mol. The minimum absolute atomic E-state index is 0.189. The van der Waals surface area contributed by atoms with Gasteiger partial charge in [0.2, 0.25) is 0 Å². The molecule has 0 aliphatic rings. The highest BCUT2D eigenvalue weighted by Crippen LogP contribution is 2.22. The van der Waals surface area contributed by atoms with Gasteiger partial charge in [0.05, 0.1) is 24.4 Å². The Bertz CT molecular complexity index is 682. The maximum Gasteiger partial charge on any atom is 0.254 e. The van der Waals surface area contributed by atoms with Crippen molar-refractivity contribution in [2.45, 2.75) is 39.8 Å². The highest BCUT2D eigenvalue weighted by Gasteiger charge is 2.15. The predicted molar refractivity (Wildman–Crippen MR) is 86.1 cm³/mol. The van der Waals surface area contributed by atoms with E-state index in [9.17, 15) is 9.18 Å². The minimum atomic E-state index is -0.432. The van der Waals surface area contributed by atoms with Crippen LogP contribution in [0, 0.1) is 5.82 Å². The molecule has 0 radical (unpaired) electrons. The summed E-state index contributed by atoms with van der Waals surface area (Å²) in [5.41, 5.74) is 1.16. The van der Waals surface area contributed by atoms with Gasteiger partial charge in [0.1, 0.15) is 0 Å². The molecule has 0 bridgehead atoms. The van der Waals surface area contributed by atoms with Crippen molar-refractivity contribution in [3.63, 3.8) is 0 Å². The van der Waals surface area contributed by atoms with Crippen LogP contribution in [0.15, 0.2) is 30.6 Å². The van der Waals surface area contributed by atoms with E-state index in [1.54, 1.807) is 36.9 Å². The molecule has 1 heterocycles. The third-order valence-electron chi connectivity index (χ3n) is 3.50. The molecular weight excluding hydrogens is 297 g/mol. The van der Waals surface area contributed by atoms with Gasteiger partial charge in [0.15, 0.2) is 11.6 Å². The van der Waals surface area contributed by atoms with Crippen molar-refractivity contribution in [1.82, 2.24) is 15.1 Å². The highest BCUT2D eigenvalue weighted by molar-refractivity contribution is 5.93. The number of benzene rings is 1. The smallest absolute Gasteiger partial charge is 0.254 e. The Balaban J connectivity index is 2.07. The van der Waals surface area contributed by atoms with Crippen LogP contribution in [0.4, 0.5) is 4.39 Å². The number of hydrogen-bond donors (Lipinski definition) is 1. The van der Waals surface area contributed by atoms with Crippen LogP contribution in [-0.4, -0.2) is 22.3 Å². The normalized spacial score (nSPS) is 12.3. The molecule has 1 unspecified atom stereocenters. The standard InChI is InChI=1S/C17H22FN3O2/c1-5-23-16-7-6-13(8-15(16)18)12(4)20-17(22)14-9-19-21(10-14)11(2)3/h6-12H,5H2,1-4H3,(H,20,22). The summed E-state index contributed by atoms with van der Waals surface area (Å²) in [4.78, 5) is 12.2. The predicted octanol–water partition coefficient (Wildman–Crippen LogP) is 3.49. The lowest BCUT2D eigenvalue weighted by Gasteiger charge is -2.15. The first-order valence-electron chi connectivity index (χ1n) is 7.69. The van der Waals surface area contributed by atoms with E-state index < -0.39 is 5.82 Å². The van der Waals surface area contributed by atoms with Crippen molar-refractivity contribution in [1.29, 1.82) is 0 Å². The van der Waals surface area contributed by atoms with Gasteiger partial charge in [-0.25, -0.2) is 4.39 Å². The summed E-state index contributed by atoms with van der Waals surface area (Å²) in [5.74, 6) is -0.454. The number of halogens is 1. The van der Waals surface area contributed by atoms with Crippen LogP contribution in [0.2, 0.25) is 0 Å². The number of nitrogens with one attached hydrogen (secondary N) is 1. The van der Waals surface area contributed by atoms with Crippen LogP contribution in [0.5, 0.6) is 5.75 Å². The number of nitrogens with zero attached hydrogens (tertiary/aromatic N) is 2. The highest BCUT2D eigenvalue weighted by atomic mass is 19.1. The topological polar surface area (TPSA) is 56.1 Å². The SMILES string of the molecule is CCOc1ccc(C(C)NC(=O)c2cnn(C(C)C)c2)cc1F. The summed E-state index contributed by atoms with van der Waals surface area (Å²) in [6.07, 6.45) is 3.23. The fraction of sp³-hybridized carbons (Fsp3) is 0.412. The molecule has 1 aromatic heterocycles. The third-order valence-corrected chi connectivity index (χ3v) is 3.50. The lowest BCUT2D eigenvalue weighted by molar-refractivity contribution is 0.0939. The van der Waals surface area contributed by atoms with Crippen molar-refractivity contribution in [3.05, 3.63) is 47.5 Å². The molecule has 1 aromatic carbocycles. The second-order valence-electron chi connectivity index (χ2n) is 5.62. The minimum Gasteiger partial charge on any atom is -0.491 e. The first-order valence-corrected chi connectivity index (χ1v) is 7.69. The second-order valence-corrected chi connectivity index (χ2v) is 5.62. The van der Waals surface area contributed by atoms with Crippen molar-refractivity contribution in [2.75, 3.05) is 6.61 Å². The molecule has 2 aromatic rings. The first-order chi connectivity index (χ1) is 10.9. The number of amides is 1. The zero-order valence-corrected chi connectivity index (χ0v) is 13.8. The molecule has 6 heteroatoms. The van der Waals surface area contributed by atoms with Crippen molar-refractivity contribution in [2.24, 2.45) is 0 Å². The molecule has 0 saturated carbocycles. The van der Waals surface area contributed by atoms with E-state index in [4.69, 9.17) is 4.74 Å². The van der Waals surface area contributed by atoms with Gasteiger partial charge in [0.25, 0.3) is 5.91 Å². The molecular formula is C17H22FN3O2. The number of rotatable bonds is 6. The second kappa shape index (κ2) is 7.26. The summed E-state index contributed by atoms with van der Waals surface area (Å²) < 4.78 is 20.8. The van der Waals surface area contributed by atoms with E-state index in [-0.39, 0.29) is 23.7 Å². The fourth-order valence-electron chi connectivity index (χ4n) is 2.16. The Hall–Kier alpha value is -2.37. The lowest BCUT2D eigenvalue weighted by atomic mass is 10.1. The molecule has 1 atom stereocenters. The van der Waals surface area contributed by atoms with Crippen LogP contribution >= 0.6 is 0 Å². The first kappa shape index (κ1) is 17.0. The number of carbonyl (C=O) groups excluding carboxylic acids is 1.